The smallest absolute Gasteiger partial charge is 0.338 e. The Morgan fingerprint density at radius 2 is 1.94 bits per heavy atom. The van der Waals surface area contributed by atoms with Gasteiger partial charge in [0.1, 0.15) is 6.61 Å². The molecule has 16 heavy (non-hydrogen) atoms. The molecule has 0 N–H and O–H groups in total. The lowest BCUT2D eigenvalue weighted by Gasteiger charge is -2.09. The number of aryl methyl sites for hydroxylation is 1. The van der Waals surface area contributed by atoms with Crippen molar-refractivity contribution < 1.29 is 14.3 Å². The van der Waals surface area contributed by atoms with Crippen molar-refractivity contribution in [3.63, 3.8) is 0 Å². The van der Waals surface area contributed by atoms with Gasteiger partial charge in [-0.25, -0.2) is 4.79 Å². The van der Waals surface area contributed by atoms with Crippen LogP contribution in [0.2, 0.25) is 0 Å². The molecule has 0 saturated carbocycles. The van der Waals surface area contributed by atoms with Crippen LogP contribution in [0, 0.1) is 6.92 Å². The lowest BCUT2D eigenvalue weighted by Crippen LogP contribution is -2.14. The summed E-state index contributed by atoms with van der Waals surface area (Å²) in [6, 6.07) is 7.38. The zero-order valence-electron chi connectivity index (χ0n) is 10.0. The molecule has 88 valence electrons. The highest BCUT2D eigenvalue weighted by Crippen LogP contribution is 2.08. The van der Waals surface area contributed by atoms with Crippen LogP contribution in [0.1, 0.15) is 29.8 Å². The third-order valence-corrected chi connectivity index (χ3v) is 2.13. The second-order valence-corrected chi connectivity index (χ2v) is 3.87. The molecule has 0 heterocycles. The molecule has 0 aliphatic carbocycles. The van der Waals surface area contributed by atoms with Crippen LogP contribution in [-0.4, -0.2) is 25.3 Å². The Hall–Kier alpha value is -1.35. The highest BCUT2D eigenvalue weighted by molar-refractivity contribution is 5.90. The summed E-state index contributed by atoms with van der Waals surface area (Å²) in [5.74, 6) is -0.287. The van der Waals surface area contributed by atoms with Gasteiger partial charge in [0.2, 0.25) is 0 Å². The van der Waals surface area contributed by atoms with Gasteiger partial charge < -0.3 is 9.47 Å². The maximum atomic E-state index is 11.6. The third kappa shape index (κ3) is 4.03. The first-order valence-corrected chi connectivity index (χ1v) is 5.45. The minimum absolute atomic E-state index is 0.164. The molecule has 0 bridgehead atoms. The number of carbonyl (C=O) groups excluding carboxylic acids is 1. The van der Waals surface area contributed by atoms with E-state index in [1.165, 1.54) is 0 Å². The van der Waals surface area contributed by atoms with Crippen molar-refractivity contribution >= 4 is 5.97 Å². The third-order valence-electron chi connectivity index (χ3n) is 2.13. The molecule has 0 atom stereocenters. The Bertz CT molecular complexity index is 345. The van der Waals surface area contributed by atoms with Crippen LogP contribution in [0.25, 0.3) is 0 Å². The number of esters is 1. The van der Waals surface area contributed by atoms with Crippen molar-refractivity contribution in [3.8, 4) is 0 Å². The molecule has 0 aliphatic rings. The summed E-state index contributed by atoms with van der Waals surface area (Å²) in [4.78, 5) is 11.6. The average Bonchev–Trinajstić information content (AvgIpc) is 2.24. The predicted molar refractivity (Wildman–Crippen MR) is 62.5 cm³/mol. The van der Waals surface area contributed by atoms with E-state index in [0.717, 1.165) is 5.56 Å². The second-order valence-electron chi connectivity index (χ2n) is 3.87. The van der Waals surface area contributed by atoms with Crippen LogP contribution in [-0.2, 0) is 9.47 Å². The monoisotopic (exact) mass is 222 g/mol. The van der Waals surface area contributed by atoms with Gasteiger partial charge in [-0.05, 0) is 32.4 Å². The molecular weight excluding hydrogens is 204 g/mol. The summed E-state index contributed by atoms with van der Waals surface area (Å²) < 4.78 is 10.4. The molecule has 3 nitrogen and oxygen atoms in total. The predicted octanol–water partition coefficient (Wildman–Crippen LogP) is 2.58. The maximum Gasteiger partial charge on any atom is 0.338 e. The van der Waals surface area contributed by atoms with Gasteiger partial charge in [-0.2, -0.15) is 0 Å². The Morgan fingerprint density at radius 1 is 1.25 bits per heavy atom. The molecule has 1 rings (SSSR count). The SMILES string of the molecule is Cc1ccccc1C(=O)OCCOC(C)C. The number of hydrogen-bond donors (Lipinski definition) is 0. The minimum atomic E-state index is -0.287. The normalized spacial score (nSPS) is 10.5. The largest absolute Gasteiger partial charge is 0.460 e. The summed E-state index contributed by atoms with van der Waals surface area (Å²) in [7, 11) is 0. The molecule has 0 radical (unpaired) electrons. The van der Waals surface area contributed by atoms with Crippen LogP contribution in [0.3, 0.4) is 0 Å². The molecule has 0 saturated heterocycles. The van der Waals surface area contributed by atoms with E-state index in [1.807, 2.05) is 39.0 Å². The second kappa shape index (κ2) is 6.28. The first-order chi connectivity index (χ1) is 7.61. The summed E-state index contributed by atoms with van der Waals surface area (Å²) in [5.41, 5.74) is 1.55. The van der Waals surface area contributed by atoms with Crippen LogP contribution in [0.4, 0.5) is 0 Å². The molecule has 3 heteroatoms. The molecule has 1 aromatic carbocycles. The fraction of sp³-hybridized carbons (Fsp3) is 0.462. The van der Waals surface area contributed by atoms with Gasteiger partial charge in [0.25, 0.3) is 0 Å². The summed E-state index contributed by atoms with van der Waals surface area (Å²) in [6.07, 6.45) is 0.164. The van der Waals surface area contributed by atoms with Crippen molar-refractivity contribution in [1.29, 1.82) is 0 Å². The van der Waals surface area contributed by atoms with Gasteiger partial charge >= 0.3 is 5.97 Å². The quantitative estimate of drug-likeness (QED) is 0.567. The first kappa shape index (κ1) is 12.7. The van der Waals surface area contributed by atoms with E-state index in [0.29, 0.717) is 18.8 Å². The number of carbonyl (C=O) groups is 1. The number of benzene rings is 1. The highest BCUT2D eigenvalue weighted by Gasteiger charge is 2.08. The summed E-state index contributed by atoms with van der Waals surface area (Å²) >= 11 is 0. The fourth-order valence-corrected chi connectivity index (χ4v) is 1.30. The van der Waals surface area contributed by atoms with Crippen LogP contribution in [0.15, 0.2) is 24.3 Å². The molecule has 1 aromatic rings. The average molecular weight is 222 g/mol. The molecule has 0 spiro atoms. The lowest BCUT2D eigenvalue weighted by molar-refractivity contribution is 0.0176. The van der Waals surface area contributed by atoms with Crippen molar-refractivity contribution in [3.05, 3.63) is 35.4 Å². The number of hydrogen-bond acceptors (Lipinski definition) is 3. The Labute approximate surface area is 96.4 Å². The van der Waals surface area contributed by atoms with E-state index in [2.05, 4.69) is 0 Å². The van der Waals surface area contributed by atoms with Gasteiger partial charge in [0.05, 0.1) is 18.3 Å². The standard InChI is InChI=1S/C13H18O3/c1-10(2)15-8-9-16-13(14)12-7-5-4-6-11(12)3/h4-7,10H,8-9H2,1-3H3. The van der Waals surface area contributed by atoms with E-state index in [-0.39, 0.29) is 12.1 Å². The zero-order chi connectivity index (χ0) is 12.0. The zero-order valence-corrected chi connectivity index (χ0v) is 10.0. The Balaban J connectivity index is 2.39. The highest BCUT2D eigenvalue weighted by atomic mass is 16.6. The lowest BCUT2D eigenvalue weighted by atomic mass is 10.1. The topological polar surface area (TPSA) is 35.5 Å². The van der Waals surface area contributed by atoms with E-state index in [4.69, 9.17) is 9.47 Å². The van der Waals surface area contributed by atoms with Gasteiger partial charge in [-0.3, -0.25) is 0 Å². The molecule has 0 aliphatic heterocycles. The van der Waals surface area contributed by atoms with Crippen molar-refractivity contribution in [1.82, 2.24) is 0 Å². The van der Waals surface area contributed by atoms with E-state index in [9.17, 15) is 4.79 Å². The van der Waals surface area contributed by atoms with Crippen LogP contribution >= 0.6 is 0 Å². The van der Waals surface area contributed by atoms with Crippen molar-refractivity contribution in [2.24, 2.45) is 0 Å². The van der Waals surface area contributed by atoms with Crippen LogP contribution < -0.4 is 0 Å². The van der Waals surface area contributed by atoms with Gasteiger partial charge in [0, 0.05) is 0 Å². The van der Waals surface area contributed by atoms with E-state index in [1.54, 1.807) is 6.07 Å². The summed E-state index contributed by atoms with van der Waals surface area (Å²) in [6.45, 7) is 6.52. The fourth-order valence-electron chi connectivity index (χ4n) is 1.30. The van der Waals surface area contributed by atoms with Crippen molar-refractivity contribution in [2.45, 2.75) is 26.9 Å². The molecule has 0 unspecified atom stereocenters. The number of ether oxygens (including phenoxy) is 2. The van der Waals surface area contributed by atoms with E-state index >= 15 is 0 Å². The molecular formula is C13H18O3. The van der Waals surface area contributed by atoms with Crippen LogP contribution in [0.5, 0.6) is 0 Å². The van der Waals surface area contributed by atoms with Crippen molar-refractivity contribution in [2.75, 3.05) is 13.2 Å². The Morgan fingerprint density at radius 3 is 2.56 bits per heavy atom. The minimum Gasteiger partial charge on any atom is -0.460 e. The van der Waals surface area contributed by atoms with Gasteiger partial charge in [0.15, 0.2) is 0 Å². The Kier molecular flexibility index (Phi) is 4.99. The van der Waals surface area contributed by atoms with Gasteiger partial charge in [-0.1, -0.05) is 18.2 Å². The van der Waals surface area contributed by atoms with Gasteiger partial charge in [-0.15, -0.1) is 0 Å². The summed E-state index contributed by atoms with van der Waals surface area (Å²) in [5, 5.41) is 0. The number of rotatable bonds is 5. The maximum absolute atomic E-state index is 11.6. The molecule has 0 fully saturated rings. The first-order valence-electron chi connectivity index (χ1n) is 5.45. The van der Waals surface area contributed by atoms with E-state index < -0.39 is 0 Å². The molecule has 0 amide bonds. The molecule has 0 aromatic heterocycles.